The molecule has 3 heterocycles. The van der Waals surface area contributed by atoms with Crippen molar-refractivity contribution in [1.82, 2.24) is 9.88 Å². The first-order valence-electron chi connectivity index (χ1n) is 11.8. The number of benzene rings is 1. The number of piperidine rings is 1. The zero-order chi connectivity index (χ0) is 24.4. The second-order valence-corrected chi connectivity index (χ2v) is 9.55. The molecule has 1 unspecified atom stereocenters. The van der Waals surface area contributed by atoms with Crippen LogP contribution >= 0.6 is 11.6 Å². The summed E-state index contributed by atoms with van der Waals surface area (Å²) in [7, 11) is 0. The molecule has 1 saturated heterocycles. The molecule has 5 rings (SSSR count). The molecule has 180 valence electrons. The third-order valence-corrected chi connectivity index (χ3v) is 7.16. The predicted octanol–water partition coefficient (Wildman–Crippen LogP) is 4.97. The van der Waals surface area contributed by atoms with Crippen LogP contribution in [0.15, 0.2) is 84.3 Å². The van der Waals surface area contributed by atoms with Crippen molar-refractivity contribution >= 4 is 23.1 Å². The topological polar surface area (TPSA) is 82.9 Å². The number of ether oxygens (including phenoxy) is 1. The number of allylic oxidation sites excluding steroid dienone is 5. The number of rotatable bonds is 5. The van der Waals surface area contributed by atoms with Gasteiger partial charge in [0.15, 0.2) is 0 Å². The van der Waals surface area contributed by atoms with E-state index in [2.05, 4.69) is 16.0 Å². The Kier molecular flexibility index (Phi) is 6.60. The zero-order valence-electron chi connectivity index (χ0n) is 19.2. The third-order valence-electron chi connectivity index (χ3n) is 6.91. The number of aromatic nitrogens is 1. The van der Waals surface area contributed by atoms with Crippen molar-refractivity contribution in [3.8, 4) is 5.88 Å². The number of nitrogens with zero attached hydrogens (tertiary/aromatic N) is 2. The van der Waals surface area contributed by atoms with E-state index >= 15 is 0 Å². The van der Waals surface area contributed by atoms with Crippen LogP contribution in [0, 0.1) is 5.92 Å². The van der Waals surface area contributed by atoms with Crippen LogP contribution in [-0.2, 0) is 10.4 Å². The molecule has 3 aliphatic rings. The number of fused-ring (bicyclic) bond motifs is 2. The number of carboxylic acids is 1. The average Bonchev–Trinajstić information content (AvgIpc) is 3.02. The van der Waals surface area contributed by atoms with Gasteiger partial charge in [0.05, 0.1) is 5.60 Å². The highest BCUT2D eigenvalue weighted by Crippen LogP contribution is 2.38. The van der Waals surface area contributed by atoms with Crippen molar-refractivity contribution in [2.75, 3.05) is 19.6 Å². The quantitative estimate of drug-likeness (QED) is 0.616. The summed E-state index contributed by atoms with van der Waals surface area (Å²) >= 11 is 6.00. The highest BCUT2D eigenvalue weighted by Gasteiger charge is 2.34. The van der Waals surface area contributed by atoms with Crippen molar-refractivity contribution in [1.29, 1.82) is 0 Å². The van der Waals surface area contributed by atoms with Crippen LogP contribution in [0.4, 0.5) is 0 Å². The molecule has 35 heavy (non-hydrogen) atoms. The van der Waals surface area contributed by atoms with E-state index in [1.807, 2.05) is 42.5 Å². The minimum atomic E-state index is -0.915. The summed E-state index contributed by atoms with van der Waals surface area (Å²) in [5.74, 6) is -0.690. The molecule has 1 aromatic heterocycles. The fourth-order valence-electron chi connectivity index (χ4n) is 4.88. The second kappa shape index (κ2) is 9.82. The molecule has 1 aromatic carbocycles. The first-order valence-corrected chi connectivity index (χ1v) is 12.2. The molecular formula is C28H27ClN2O4. The Morgan fingerprint density at radius 2 is 2.00 bits per heavy atom. The number of pyridine rings is 1. The van der Waals surface area contributed by atoms with Gasteiger partial charge in [-0.2, -0.15) is 0 Å². The smallest absolute Gasteiger partial charge is 0.315 e. The Morgan fingerprint density at radius 1 is 1.23 bits per heavy atom. The molecule has 1 aliphatic carbocycles. The van der Waals surface area contributed by atoms with Crippen LogP contribution in [0.25, 0.3) is 5.57 Å². The van der Waals surface area contributed by atoms with Crippen molar-refractivity contribution < 1.29 is 19.7 Å². The third kappa shape index (κ3) is 4.96. The van der Waals surface area contributed by atoms with Gasteiger partial charge in [-0.25, -0.2) is 4.98 Å². The molecule has 1 atom stereocenters. The van der Waals surface area contributed by atoms with Gasteiger partial charge >= 0.3 is 5.97 Å². The fraction of sp³-hybridized carbons (Fsp3) is 0.286. The number of aliphatic carboxylic acids is 1. The molecule has 2 aliphatic heterocycles. The predicted molar refractivity (Wildman–Crippen MR) is 135 cm³/mol. The molecule has 0 saturated carbocycles. The highest BCUT2D eigenvalue weighted by atomic mass is 35.5. The van der Waals surface area contributed by atoms with E-state index < -0.39 is 17.5 Å². The number of likely N-dealkylation sites (tertiary alicyclic amines) is 1. The Bertz CT molecular complexity index is 1240. The summed E-state index contributed by atoms with van der Waals surface area (Å²) in [5, 5.41) is 21.5. The van der Waals surface area contributed by atoms with Crippen molar-refractivity contribution in [3.05, 3.63) is 100 Å². The van der Waals surface area contributed by atoms with Gasteiger partial charge in [0.1, 0.15) is 11.7 Å². The molecule has 2 N–H and O–H groups in total. The summed E-state index contributed by atoms with van der Waals surface area (Å²) in [6.07, 6.45) is 13.0. The summed E-state index contributed by atoms with van der Waals surface area (Å²) in [5.41, 5.74) is 2.46. The van der Waals surface area contributed by atoms with E-state index in [-0.39, 0.29) is 0 Å². The number of halogens is 1. The van der Waals surface area contributed by atoms with Gasteiger partial charge in [-0.3, -0.25) is 4.79 Å². The highest BCUT2D eigenvalue weighted by molar-refractivity contribution is 6.30. The van der Waals surface area contributed by atoms with Gasteiger partial charge in [0, 0.05) is 42.0 Å². The summed E-state index contributed by atoms with van der Waals surface area (Å²) in [6.45, 7) is 2.43. The number of aliphatic hydroxyl groups is 1. The Hall–Kier alpha value is -3.19. The molecule has 0 bridgehead atoms. The maximum absolute atomic E-state index is 11.8. The SMILES string of the molecule is O=C(O)C1C=CC=C2Oc3ncccc3C(=CCCN3CCC(O)(c4ccc(Cl)cc4)CC3)C=C21. The monoisotopic (exact) mass is 490 g/mol. The standard InChI is InChI=1S/C28H27ClN2O4/c29-21-10-8-20(9-11-21)28(34)12-16-31(17-13-28)15-3-4-19-18-24-23(27(32)33)5-1-7-25(24)35-26-22(19)6-2-14-30-26/h1-2,4-11,14,18,23,34H,3,12-13,15-17H2,(H,32,33). The molecule has 0 amide bonds. The summed E-state index contributed by atoms with van der Waals surface area (Å²) < 4.78 is 6.02. The van der Waals surface area contributed by atoms with Crippen LogP contribution in [-0.4, -0.2) is 45.7 Å². The molecule has 1 fully saturated rings. The Morgan fingerprint density at radius 3 is 2.74 bits per heavy atom. The lowest BCUT2D eigenvalue weighted by Gasteiger charge is -2.38. The van der Waals surface area contributed by atoms with Crippen LogP contribution < -0.4 is 4.74 Å². The average molecular weight is 491 g/mol. The van der Waals surface area contributed by atoms with Crippen molar-refractivity contribution in [2.24, 2.45) is 5.92 Å². The van der Waals surface area contributed by atoms with E-state index in [4.69, 9.17) is 16.3 Å². The van der Waals surface area contributed by atoms with Gasteiger partial charge in [-0.05, 0) is 66.8 Å². The first kappa shape index (κ1) is 23.5. The van der Waals surface area contributed by atoms with E-state index in [0.29, 0.717) is 35.1 Å². The van der Waals surface area contributed by atoms with Gasteiger partial charge < -0.3 is 19.8 Å². The number of carboxylic acid groups (broad SMARTS) is 1. The van der Waals surface area contributed by atoms with Gasteiger partial charge in [0.2, 0.25) is 5.88 Å². The van der Waals surface area contributed by atoms with Crippen LogP contribution in [0.3, 0.4) is 0 Å². The minimum absolute atomic E-state index is 0.474. The normalized spacial score (nSPS) is 22.3. The van der Waals surface area contributed by atoms with Crippen molar-refractivity contribution in [2.45, 2.75) is 24.9 Å². The van der Waals surface area contributed by atoms with Gasteiger partial charge in [-0.1, -0.05) is 42.0 Å². The van der Waals surface area contributed by atoms with E-state index in [0.717, 1.165) is 42.8 Å². The molecule has 6 nitrogen and oxygen atoms in total. The second-order valence-electron chi connectivity index (χ2n) is 9.12. The molecular weight excluding hydrogens is 464 g/mol. The van der Waals surface area contributed by atoms with Gasteiger partial charge in [-0.15, -0.1) is 0 Å². The lowest BCUT2D eigenvalue weighted by molar-refractivity contribution is -0.138. The molecule has 2 aromatic rings. The lowest BCUT2D eigenvalue weighted by Crippen LogP contribution is -2.42. The Balaban J connectivity index is 1.30. The van der Waals surface area contributed by atoms with E-state index in [1.165, 1.54) is 0 Å². The lowest BCUT2D eigenvalue weighted by atomic mass is 9.84. The number of hydrogen-bond acceptors (Lipinski definition) is 5. The number of hydrogen-bond donors (Lipinski definition) is 2. The van der Waals surface area contributed by atoms with Crippen LogP contribution in [0.5, 0.6) is 5.88 Å². The fourth-order valence-corrected chi connectivity index (χ4v) is 5.01. The number of carbonyl (C=O) groups is 1. The zero-order valence-corrected chi connectivity index (χ0v) is 20.0. The Labute approximate surface area is 209 Å². The van der Waals surface area contributed by atoms with E-state index in [9.17, 15) is 15.0 Å². The van der Waals surface area contributed by atoms with Crippen molar-refractivity contribution in [3.63, 3.8) is 0 Å². The molecule has 0 spiro atoms. The summed E-state index contributed by atoms with van der Waals surface area (Å²) in [6, 6.07) is 11.3. The van der Waals surface area contributed by atoms with Crippen LogP contribution in [0.1, 0.15) is 30.4 Å². The van der Waals surface area contributed by atoms with Gasteiger partial charge in [0.25, 0.3) is 0 Å². The maximum atomic E-state index is 11.8. The molecule has 7 heteroatoms. The molecule has 0 radical (unpaired) electrons. The maximum Gasteiger partial charge on any atom is 0.315 e. The summed E-state index contributed by atoms with van der Waals surface area (Å²) in [4.78, 5) is 18.6. The largest absolute Gasteiger partial charge is 0.481 e. The first-order chi connectivity index (χ1) is 16.9. The van der Waals surface area contributed by atoms with E-state index in [1.54, 1.807) is 24.4 Å². The van der Waals surface area contributed by atoms with Crippen LogP contribution in [0.2, 0.25) is 5.02 Å². The minimum Gasteiger partial charge on any atom is -0.481 e.